The van der Waals surface area contributed by atoms with Crippen LogP contribution in [0.2, 0.25) is 0 Å². The topological polar surface area (TPSA) is 75.3 Å². The van der Waals surface area contributed by atoms with Gasteiger partial charge in [0.25, 0.3) is 5.91 Å². The van der Waals surface area contributed by atoms with E-state index in [-0.39, 0.29) is 43.2 Å². The molecular formula is C14H17FN2O3. The van der Waals surface area contributed by atoms with Crippen molar-refractivity contribution in [1.82, 2.24) is 10.6 Å². The number of amides is 2. The van der Waals surface area contributed by atoms with E-state index in [4.69, 9.17) is 0 Å². The number of hydrogen-bond acceptors (Lipinski definition) is 3. The fourth-order valence-electron chi connectivity index (χ4n) is 1.50. The number of halogens is 1. The van der Waals surface area contributed by atoms with Crippen LogP contribution in [0.5, 0.6) is 0 Å². The van der Waals surface area contributed by atoms with E-state index in [0.717, 1.165) is 0 Å². The Morgan fingerprint density at radius 3 is 2.35 bits per heavy atom. The SMILES string of the molecule is CC(=O)CCC(=O)NCCNC(=O)c1ccccc1F. The number of hydrogen-bond donors (Lipinski definition) is 2. The van der Waals surface area contributed by atoms with Gasteiger partial charge in [0.2, 0.25) is 5.91 Å². The van der Waals surface area contributed by atoms with Crippen molar-refractivity contribution < 1.29 is 18.8 Å². The van der Waals surface area contributed by atoms with E-state index in [1.807, 2.05) is 0 Å². The van der Waals surface area contributed by atoms with Crippen molar-refractivity contribution in [2.75, 3.05) is 13.1 Å². The molecule has 6 heteroatoms. The quantitative estimate of drug-likeness (QED) is 0.733. The lowest BCUT2D eigenvalue weighted by atomic mass is 10.2. The second kappa shape index (κ2) is 8.04. The Morgan fingerprint density at radius 2 is 1.70 bits per heavy atom. The monoisotopic (exact) mass is 280 g/mol. The summed E-state index contributed by atoms with van der Waals surface area (Å²) >= 11 is 0. The highest BCUT2D eigenvalue weighted by Gasteiger charge is 2.09. The molecule has 0 heterocycles. The van der Waals surface area contributed by atoms with Crippen molar-refractivity contribution in [3.8, 4) is 0 Å². The minimum atomic E-state index is -0.588. The van der Waals surface area contributed by atoms with E-state index in [1.54, 1.807) is 6.07 Å². The zero-order valence-electron chi connectivity index (χ0n) is 11.2. The average Bonchev–Trinajstić information content (AvgIpc) is 2.41. The molecule has 0 unspecified atom stereocenters. The van der Waals surface area contributed by atoms with Gasteiger partial charge in [-0.25, -0.2) is 4.39 Å². The van der Waals surface area contributed by atoms with E-state index in [2.05, 4.69) is 10.6 Å². The molecule has 0 aliphatic heterocycles. The first-order valence-corrected chi connectivity index (χ1v) is 6.29. The van der Waals surface area contributed by atoms with E-state index >= 15 is 0 Å². The molecule has 0 aromatic heterocycles. The molecule has 0 radical (unpaired) electrons. The third-order valence-corrected chi connectivity index (χ3v) is 2.56. The lowest BCUT2D eigenvalue weighted by molar-refractivity contribution is -0.124. The van der Waals surface area contributed by atoms with Crippen LogP contribution >= 0.6 is 0 Å². The summed E-state index contributed by atoms with van der Waals surface area (Å²) in [6.45, 7) is 1.85. The van der Waals surface area contributed by atoms with Gasteiger partial charge in [-0.05, 0) is 19.1 Å². The molecule has 0 bridgehead atoms. The van der Waals surface area contributed by atoms with E-state index in [1.165, 1.54) is 25.1 Å². The maximum atomic E-state index is 13.3. The number of carbonyl (C=O) groups is 3. The molecule has 0 atom stereocenters. The van der Waals surface area contributed by atoms with Crippen molar-refractivity contribution in [3.05, 3.63) is 35.6 Å². The van der Waals surface area contributed by atoms with Crippen LogP contribution in [0.15, 0.2) is 24.3 Å². The van der Waals surface area contributed by atoms with Gasteiger partial charge in [-0.2, -0.15) is 0 Å². The summed E-state index contributed by atoms with van der Waals surface area (Å²) in [5.41, 5.74) is -0.0320. The summed E-state index contributed by atoms with van der Waals surface area (Å²) < 4.78 is 13.3. The van der Waals surface area contributed by atoms with Crippen molar-refractivity contribution >= 4 is 17.6 Å². The molecule has 0 aliphatic rings. The van der Waals surface area contributed by atoms with E-state index in [0.29, 0.717) is 0 Å². The molecule has 2 N–H and O–H groups in total. The standard InChI is InChI=1S/C14H17FN2O3/c1-10(18)6-7-13(19)16-8-9-17-14(20)11-4-2-3-5-12(11)15/h2-5H,6-9H2,1H3,(H,16,19)(H,17,20). The van der Waals surface area contributed by atoms with Gasteiger partial charge in [-0.15, -0.1) is 0 Å². The summed E-state index contributed by atoms with van der Waals surface area (Å²) in [5, 5.41) is 5.06. The first kappa shape index (κ1) is 15.8. The van der Waals surface area contributed by atoms with Gasteiger partial charge in [-0.3, -0.25) is 9.59 Å². The first-order valence-electron chi connectivity index (χ1n) is 6.29. The van der Waals surface area contributed by atoms with Gasteiger partial charge >= 0.3 is 0 Å². The van der Waals surface area contributed by atoms with Crippen molar-refractivity contribution in [2.45, 2.75) is 19.8 Å². The summed E-state index contributed by atoms with van der Waals surface area (Å²) in [4.78, 5) is 33.6. The molecular weight excluding hydrogens is 263 g/mol. The smallest absolute Gasteiger partial charge is 0.254 e. The second-order valence-corrected chi connectivity index (χ2v) is 4.29. The van der Waals surface area contributed by atoms with Gasteiger partial charge in [0.05, 0.1) is 5.56 Å². The van der Waals surface area contributed by atoms with Crippen LogP contribution in [-0.2, 0) is 9.59 Å². The second-order valence-electron chi connectivity index (χ2n) is 4.29. The van der Waals surface area contributed by atoms with Gasteiger partial charge < -0.3 is 15.4 Å². The summed E-state index contributed by atoms with van der Waals surface area (Å²) in [7, 11) is 0. The van der Waals surface area contributed by atoms with E-state index < -0.39 is 11.7 Å². The first-order chi connectivity index (χ1) is 9.50. The molecule has 1 aromatic carbocycles. The maximum absolute atomic E-state index is 13.3. The van der Waals surface area contributed by atoms with Crippen LogP contribution < -0.4 is 10.6 Å². The molecule has 0 spiro atoms. The number of benzene rings is 1. The summed E-state index contributed by atoms with van der Waals surface area (Å²) in [6.07, 6.45) is 0.337. The van der Waals surface area contributed by atoms with Gasteiger partial charge in [0, 0.05) is 25.9 Å². The Balaban J connectivity index is 2.25. The van der Waals surface area contributed by atoms with Gasteiger partial charge in [0.1, 0.15) is 11.6 Å². The third-order valence-electron chi connectivity index (χ3n) is 2.56. The van der Waals surface area contributed by atoms with Crippen LogP contribution in [0.3, 0.4) is 0 Å². The normalized spacial score (nSPS) is 9.90. The van der Waals surface area contributed by atoms with Crippen molar-refractivity contribution in [2.24, 2.45) is 0 Å². The average molecular weight is 280 g/mol. The highest BCUT2D eigenvalue weighted by molar-refractivity contribution is 5.94. The Bertz CT molecular complexity index is 503. The van der Waals surface area contributed by atoms with Crippen LogP contribution in [0.25, 0.3) is 0 Å². The van der Waals surface area contributed by atoms with Gasteiger partial charge in [0.15, 0.2) is 0 Å². The third kappa shape index (κ3) is 5.60. The van der Waals surface area contributed by atoms with Crippen LogP contribution in [-0.4, -0.2) is 30.7 Å². The lowest BCUT2D eigenvalue weighted by Gasteiger charge is -2.07. The molecule has 20 heavy (non-hydrogen) atoms. The molecule has 5 nitrogen and oxygen atoms in total. The maximum Gasteiger partial charge on any atom is 0.254 e. The predicted octanol–water partition coefficient (Wildman–Crippen LogP) is 1.04. The van der Waals surface area contributed by atoms with Crippen LogP contribution in [0.4, 0.5) is 4.39 Å². The van der Waals surface area contributed by atoms with Crippen molar-refractivity contribution in [3.63, 3.8) is 0 Å². The molecule has 0 fully saturated rings. The lowest BCUT2D eigenvalue weighted by Crippen LogP contribution is -2.35. The fraction of sp³-hybridized carbons (Fsp3) is 0.357. The summed E-state index contributed by atoms with van der Waals surface area (Å²) in [5.74, 6) is -1.41. The Morgan fingerprint density at radius 1 is 1.05 bits per heavy atom. The largest absolute Gasteiger partial charge is 0.354 e. The van der Waals surface area contributed by atoms with Crippen LogP contribution in [0.1, 0.15) is 30.1 Å². The zero-order chi connectivity index (χ0) is 15.0. The number of rotatable bonds is 7. The Labute approximate surface area is 116 Å². The predicted molar refractivity (Wildman–Crippen MR) is 71.7 cm³/mol. The molecule has 0 saturated heterocycles. The highest BCUT2D eigenvalue weighted by Crippen LogP contribution is 2.05. The minimum absolute atomic E-state index is 0.0320. The molecule has 2 amide bonds. The Hall–Kier alpha value is -2.24. The zero-order valence-corrected chi connectivity index (χ0v) is 11.2. The van der Waals surface area contributed by atoms with Crippen molar-refractivity contribution in [1.29, 1.82) is 0 Å². The molecule has 1 aromatic rings. The number of nitrogens with one attached hydrogen (secondary N) is 2. The molecule has 0 saturated carbocycles. The molecule has 108 valence electrons. The van der Waals surface area contributed by atoms with Gasteiger partial charge in [-0.1, -0.05) is 12.1 Å². The number of carbonyl (C=O) groups excluding carboxylic acids is 3. The summed E-state index contributed by atoms with van der Waals surface area (Å²) in [6, 6.07) is 5.66. The highest BCUT2D eigenvalue weighted by atomic mass is 19.1. The number of Topliss-reactive ketones (excluding diaryl/α,β-unsaturated/α-hetero) is 1. The van der Waals surface area contributed by atoms with Crippen LogP contribution in [0, 0.1) is 5.82 Å². The fourth-order valence-corrected chi connectivity index (χ4v) is 1.50. The van der Waals surface area contributed by atoms with E-state index in [9.17, 15) is 18.8 Å². The number of ketones is 1. The Kier molecular flexibility index (Phi) is 6.36. The minimum Gasteiger partial charge on any atom is -0.354 e. The molecule has 0 aliphatic carbocycles. The molecule has 1 rings (SSSR count).